The number of amides is 1. The Bertz CT molecular complexity index is 564. The molecule has 1 saturated heterocycles. The third kappa shape index (κ3) is 2.29. The van der Waals surface area contributed by atoms with E-state index in [1.807, 2.05) is 17.5 Å². The number of aliphatic hydroxyl groups excluding tert-OH is 1. The topological polar surface area (TPSA) is 69.2 Å². The highest BCUT2D eigenvalue weighted by molar-refractivity contribution is 7.13. The minimum absolute atomic E-state index is 0.0218. The molecule has 0 bridgehead atoms. The lowest BCUT2D eigenvalue weighted by Crippen LogP contribution is -2.37. The van der Waals surface area contributed by atoms with Crippen molar-refractivity contribution >= 4 is 17.2 Å². The number of nitrogens with zero attached hydrogens (tertiary/aromatic N) is 2. The summed E-state index contributed by atoms with van der Waals surface area (Å²) in [5.74, 6) is -0.101. The number of aromatic amines is 1. The number of H-pyrrole nitrogens is 1. The Morgan fingerprint density at radius 1 is 1.63 bits per heavy atom. The van der Waals surface area contributed by atoms with Crippen LogP contribution < -0.4 is 0 Å². The van der Waals surface area contributed by atoms with Gasteiger partial charge in [-0.05, 0) is 30.4 Å². The van der Waals surface area contributed by atoms with Crippen molar-refractivity contribution in [3.63, 3.8) is 0 Å². The third-order valence-corrected chi connectivity index (χ3v) is 4.34. The van der Waals surface area contributed by atoms with Crippen LogP contribution in [0.1, 0.15) is 23.3 Å². The van der Waals surface area contributed by atoms with Gasteiger partial charge in [-0.1, -0.05) is 6.07 Å². The lowest BCUT2D eigenvalue weighted by Gasteiger charge is -2.21. The van der Waals surface area contributed by atoms with Crippen molar-refractivity contribution < 1.29 is 9.90 Å². The maximum Gasteiger partial charge on any atom is 0.274 e. The van der Waals surface area contributed by atoms with Crippen molar-refractivity contribution in [2.45, 2.75) is 18.9 Å². The molecule has 2 aromatic rings. The summed E-state index contributed by atoms with van der Waals surface area (Å²) in [7, 11) is 0. The highest BCUT2D eigenvalue weighted by Gasteiger charge is 2.30. The number of nitrogens with one attached hydrogen (secondary N) is 1. The van der Waals surface area contributed by atoms with Gasteiger partial charge in [0.2, 0.25) is 0 Å². The van der Waals surface area contributed by atoms with Gasteiger partial charge < -0.3 is 10.0 Å². The van der Waals surface area contributed by atoms with Gasteiger partial charge in [-0.15, -0.1) is 11.3 Å². The number of aliphatic hydroxyl groups is 1. The molecule has 6 heteroatoms. The fourth-order valence-electron chi connectivity index (χ4n) is 2.43. The third-order valence-electron chi connectivity index (χ3n) is 3.43. The molecule has 3 heterocycles. The molecule has 100 valence electrons. The van der Waals surface area contributed by atoms with E-state index in [0.717, 1.165) is 23.4 Å². The van der Waals surface area contributed by atoms with Gasteiger partial charge in [-0.3, -0.25) is 9.89 Å². The van der Waals surface area contributed by atoms with Crippen molar-refractivity contribution in [2.24, 2.45) is 0 Å². The SMILES string of the molecule is O=C(c1cc(-c2cccs2)[nH]n1)N1CCCC1CO. The van der Waals surface area contributed by atoms with Crippen LogP contribution in [-0.4, -0.2) is 45.3 Å². The molecule has 2 N–H and O–H groups in total. The number of carbonyl (C=O) groups excluding carboxylic acids is 1. The van der Waals surface area contributed by atoms with E-state index < -0.39 is 0 Å². The van der Waals surface area contributed by atoms with Crippen molar-refractivity contribution in [2.75, 3.05) is 13.2 Å². The van der Waals surface area contributed by atoms with Crippen molar-refractivity contribution in [1.29, 1.82) is 0 Å². The lowest BCUT2D eigenvalue weighted by molar-refractivity contribution is 0.0671. The molecule has 2 aromatic heterocycles. The molecule has 1 aliphatic rings. The minimum Gasteiger partial charge on any atom is -0.394 e. The van der Waals surface area contributed by atoms with Gasteiger partial charge >= 0.3 is 0 Å². The summed E-state index contributed by atoms with van der Waals surface area (Å²) in [6.07, 6.45) is 1.81. The van der Waals surface area contributed by atoms with Crippen molar-refractivity contribution in [1.82, 2.24) is 15.1 Å². The Labute approximate surface area is 114 Å². The van der Waals surface area contributed by atoms with E-state index in [1.165, 1.54) is 0 Å². The number of likely N-dealkylation sites (tertiary alicyclic amines) is 1. The smallest absolute Gasteiger partial charge is 0.274 e. The first kappa shape index (κ1) is 12.4. The molecule has 0 saturated carbocycles. The van der Waals surface area contributed by atoms with E-state index >= 15 is 0 Å². The fourth-order valence-corrected chi connectivity index (χ4v) is 3.12. The first-order valence-electron chi connectivity index (χ1n) is 6.30. The second kappa shape index (κ2) is 5.14. The number of aromatic nitrogens is 2. The van der Waals surface area contributed by atoms with Crippen LogP contribution in [-0.2, 0) is 0 Å². The average Bonchev–Trinajstić information content (AvgIpc) is 3.16. The number of hydrogen-bond donors (Lipinski definition) is 2. The van der Waals surface area contributed by atoms with Crippen molar-refractivity contribution in [3.05, 3.63) is 29.3 Å². The minimum atomic E-state index is -0.101. The van der Waals surface area contributed by atoms with Crippen LogP contribution >= 0.6 is 11.3 Å². The fraction of sp³-hybridized carbons (Fsp3) is 0.385. The Balaban J connectivity index is 1.81. The van der Waals surface area contributed by atoms with E-state index in [-0.39, 0.29) is 18.6 Å². The van der Waals surface area contributed by atoms with E-state index in [4.69, 9.17) is 0 Å². The molecule has 1 atom stereocenters. The van der Waals surface area contributed by atoms with Crippen LogP contribution in [0.25, 0.3) is 10.6 Å². The molecule has 19 heavy (non-hydrogen) atoms. The number of hydrogen-bond acceptors (Lipinski definition) is 4. The summed E-state index contributed by atoms with van der Waals surface area (Å²) in [5, 5.41) is 18.2. The Hall–Kier alpha value is -1.66. The molecule has 1 unspecified atom stereocenters. The molecular weight excluding hydrogens is 262 g/mol. The summed E-state index contributed by atoms with van der Waals surface area (Å²) >= 11 is 1.60. The van der Waals surface area contributed by atoms with Crippen LogP contribution in [0.2, 0.25) is 0 Å². The summed E-state index contributed by atoms with van der Waals surface area (Å²) < 4.78 is 0. The molecule has 0 aliphatic carbocycles. The number of rotatable bonds is 3. The molecule has 1 amide bonds. The largest absolute Gasteiger partial charge is 0.394 e. The Morgan fingerprint density at radius 2 is 2.53 bits per heavy atom. The summed E-state index contributed by atoms with van der Waals surface area (Å²) in [5.41, 5.74) is 1.28. The summed E-state index contributed by atoms with van der Waals surface area (Å²) in [6.45, 7) is 0.721. The molecule has 0 radical (unpaired) electrons. The highest BCUT2D eigenvalue weighted by Crippen LogP contribution is 2.24. The van der Waals surface area contributed by atoms with Crippen LogP contribution in [0.4, 0.5) is 0 Å². The second-order valence-electron chi connectivity index (χ2n) is 4.62. The van der Waals surface area contributed by atoms with Crippen LogP contribution in [0, 0.1) is 0 Å². The van der Waals surface area contributed by atoms with E-state index in [1.54, 1.807) is 22.3 Å². The zero-order chi connectivity index (χ0) is 13.2. The zero-order valence-corrected chi connectivity index (χ0v) is 11.2. The predicted octanol–water partition coefficient (Wildman–Crippen LogP) is 1.74. The van der Waals surface area contributed by atoms with E-state index in [0.29, 0.717) is 12.2 Å². The van der Waals surface area contributed by atoms with Gasteiger partial charge in [0.05, 0.1) is 23.2 Å². The highest BCUT2D eigenvalue weighted by atomic mass is 32.1. The molecule has 5 nitrogen and oxygen atoms in total. The molecule has 1 fully saturated rings. The van der Waals surface area contributed by atoms with Gasteiger partial charge in [0.25, 0.3) is 5.91 Å². The summed E-state index contributed by atoms with van der Waals surface area (Å²) in [4.78, 5) is 15.1. The molecule has 0 aromatic carbocycles. The predicted molar refractivity (Wildman–Crippen MR) is 73.0 cm³/mol. The normalized spacial score (nSPS) is 19.0. The van der Waals surface area contributed by atoms with Gasteiger partial charge in [-0.2, -0.15) is 5.10 Å². The second-order valence-corrected chi connectivity index (χ2v) is 5.57. The van der Waals surface area contributed by atoms with Gasteiger partial charge in [0, 0.05) is 6.54 Å². The van der Waals surface area contributed by atoms with E-state index in [9.17, 15) is 9.90 Å². The zero-order valence-electron chi connectivity index (χ0n) is 10.4. The monoisotopic (exact) mass is 277 g/mol. The van der Waals surface area contributed by atoms with Crippen LogP contribution in [0.5, 0.6) is 0 Å². The van der Waals surface area contributed by atoms with Gasteiger partial charge in [0.15, 0.2) is 5.69 Å². The molecule has 1 aliphatic heterocycles. The number of thiophene rings is 1. The van der Waals surface area contributed by atoms with Crippen molar-refractivity contribution in [3.8, 4) is 10.6 Å². The first-order chi connectivity index (χ1) is 9.29. The maximum atomic E-state index is 12.3. The molecule has 0 spiro atoms. The Morgan fingerprint density at radius 3 is 3.26 bits per heavy atom. The van der Waals surface area contributed by atoms with Gasteiger partial charge in [0.1, 0.15) is 0 Å². The summed E-state index contributed by atoms with van der Waals surface area (Å²) in [6, 6.07) is 5.67. The van der Waals surface area contributed by atoms with Crippen LogP contribution in [0.3, 0.4) is 0 Å². The van der Waals surface area contributed by atoms with E-state index in [2.05, 4.69) is 10.2 Å². The quantitative estimate of drug-likeness (QED) is 0.897. The Kier molecular flexibility index (Phi) is 3.35. The molecule has 3 rings (SSSR count). The molecular formula is C13H15N3O2S. The standard InChI is InChI=1S/C13H15N3O2S/c17-8-9-3-1-5-16(9)13(18)11-7-10(14-15-11)12-4-2-6-19-12/h2,4,6-7,9,17H,1,3,5,8H2,(H,14,15). The van der Waals surface area contributed by atoms with Crippen LogP contribution in [0.15, 0.2) is 23.6 Å². The average molecular weight is 277 g/mol. The first-order valence-corrected chi connectivity index (χ1v) is 7.18. The maximum absolute atomic E-state index is 12.3. The lowest BCUT2D eigenvalue weighted by atomic mass is 10.2. The number of carbonyl (C=O) groups is 1. The van der Waals surface area contributed by atoms with Gasteiger partial charge in [-0.25, -0.2) is 0 Å².